The van der Waals surface area contributed by atoms with Gasteiger partial charge in [-0.25, -0.2) is 0 Å². The summed E-state index contributed by atoms with van der Waals surface area (Å²) in [6.07, 6.45) is 0.989. The fraction of sp³-hybridized carbons (Fsp3) is 0.0769. The molecule has 0 aliphatic heterocycles. The molecule has 0 heterocycles. The maximum atomic E-state index is 3.01. The fourth-order valence-corrected chi connectivity index (χ4v) is 1.31. The Balaban J connectivity index is -0.000000490. The monoisotopic (exact) mass is 655 g/mol. The maximum absolute atomic E-state index is 3.01. The Hall–Kier alpha value is 3.92. The normalized spacial score (nSPS) is 7.53. The van der Waals surface area contributed by atoms with E-state index in [1.165, 1.54) is 11.1 Å². The summed E-state index contributed by atoms with van der Waals surface area (Å²) in [6.45, 7) is 0. The summed E-state index contributed by atoms with van der Waals surface area (Å²) in [7, 11) is 0. The van der Waals surface area contributed by atoms with Gasteiger partial charge in [-0.15, -0.1) is 0 Å². The molecule has 2 rings (SSSR count). The molecule has 2 aromatic carbocycles. The molecule has 0 saturated carbocycles. The van der Waals surface area contributed by atoms with Crippen LogP contribution in [0.5, 0.6) is 0 Å². The van der Waals surface area contributed by atoms with Crippen molar-refractivity contribution < 1.29 is 110 Å². The zero-order chi connectivity index (χ0) is 8.93. The van der Waals surface area contributed by atoms with Crippen molar-refractivity contribution in [3.05, 3.63) is 71.8 Å². The summed E-state index contributed by atoms with van der Waals surface area (Å²) >= 11 is 0. The smallest absolute Gasteiger partial charge is 0 e. The Morgan fingerprint density at radius 2 is 1.00 bits per heavy atom. The molecular formula is C13H10RaRbY2-2. The van der Waals surface area contributed by atoms with E-state index in [0.29, 0.717) is 0 Å². The molecule has 0 aliphatic rings. The van der Waals surface area contributed by atoms with Crippen LogP contribution in [0.3, 0.4) is 0 Å². The third-order valence-corrected chi connectivity index (χ3v) is 1.98. The predicted molar refractivity (Wildman–Crippen MR) is 59.1 cm³/mol. The molecule has 0 aromatic heterocycles. The van der Waals surface area contributed by atoms with Gasteiger partial charge >= 0.3 is 0 Å². The van der Waals surface area contributed by atoms with Gasteiger partial charge in [0.05, 0.1) is 0 Å². The molecule has 0 fully saturated rings. The predicted octanol–water partition coefficient (Wildman–Crippen LogP) is 2.49. The SMILES string of the molecule is [Ra].[Rb].[Y].[Y].[c-]1ccc(Cc2cc[c-]cc2)cc1. The molecule has 73 valence electrons. The number of hydrogen-bond donors (Lipinski definition) is 0. The van der Waals surface area contributed by atoms with E-state index in [4.69, 9.17) is 0 Å². The summed E-state index contributed by atoms with van der Waals surface area (Å²) in [5.74, 6) is 0. The van der Waals surface area contributed by atoms with Crippen molar-refractivity contribution >= 4 is 58.2 Å². The van der Waals surface area contributed by atoms with Gasteiger partial charge in [0.1, 0.15) is 0 Å². The number of benzene rings is 2. The van der Waals surface area contributed by atoms with E-state index in [1.54, 1.807) is 0 Å². The van der Waals surface area contributed by atoms with E-state index in [9.17, 15) is 0 Å². The van der Waals surface area contributed by atoms with E-state index in [0.717, 1.165) is 6.42 Å². The van der Waals surface area contributed by atoms with E-state index < -0.39 is 0 Å². The second kappa shape index (κ2) is 16.3. The van der Waals surface area contributed by atoms with Crippen LogP contribution >= 0.6 is 0 Å². The zero-order valence-corrected chi connectivity index (χ0v) is 26.6. The van der Waals surface area contributed by atoms with Gasteiger partial charge in [-0.05, 0) is 6.42 Å². The fourth-order valence-electron chi connectivity index (χ4n) is 1.31. The molecular weight excluding hydrogens is 645 g/mol. The molecule has 17 heavy (non-hydrogen) atoms. The van der Waals surface area contributed by atoms with Crippen molar-refractivity contribution in [2.75, 3.05) is 0 Å². The second-order valence-corrected chi connectivity index (χ2v) is 2.99. The summed E-state index contributed by atoms with van der Waals surface area (Å²) in [5, 5.41) is 0. The third-order valence-electron chi connectivity index (χ3n) is 1.98. The molecule has 4 heteroatoms. The van der Waals surface area contributed by atoms with Crippen LogP contribution in [-0.4, -0.2) is 58.2 Å². The minimum atomic E-state index is 0. The molecule has 0 unspecified atom stereocenters. The first-order valence-electron chi connectivity index (χ1n) is 4.35. The summed E-state index contributed by atoms with van der Waals surface area (Å²) in [6, 6.07) is 22.2. The quantitative estimate of drug-likeness (QED) is 0.437. The summed E-state index contributed by atoms with van der Waals surface area (Å²) < 4.78 is 0. The molecule has 0 saturated heterocycles. The van der Waals surface area contributed by atoms with Gasteiger partial charge in [-0.1, -0.05) is 0 Å². The van der Waals surface area contributed by atoms with Crippen molar-refractivity contribution in [2.45, 2.75) is 6.42 Å². The topological polar surface area (TPSA) is 0 Å². The summed E-state index contributed by atoms with van der Waals surface area (Å²) in [5.41, 5.74) is 2.65. The van der Waals surface area contributed by atoms with Gasteiger partial charge in [0, 0.05) is 169 Å². The van der Waals surface area contributed by atoms with Crippen LogP contribution in [-0.2, 0) is 71.8 Å². The average molecular weight is 656 g/mol. The van der Waals surface area contributed by atoms with E-state index in [1.807, 2.05) is 24.3 Å². The molecule has 0 amide bonds. The molecule has 0 bridgehead atoms. The average Bonchev–Trinajstić information content (AvgIpc) is 2.21. The van der Waals surface area contributed by atoms with Gasteiger partial charge in [0.25, 0.3) is 0 Å². The minimum Gasteiger partial charge on any atom is -0.184 e. The Labute approximate surface area is 240 Å². The minimum absolute atomic E-state index is 0. The molecule has 0 aliphatic carbocycles. The molecule has 0 N–H and O–H groups in total. The molecule has 0 spiro atoms. The number of rotatable bonds is 2. The van der Waals surface area contributed by atoms with E-state index in [-0.39, 0.29) is 169 Å². The molecule has 0 nitrogen and oxygen atoms in total. The van der Waals surface area contributed by atoms with Crippen LogP contribution in [0.15, 0.2) is 48.5 Å². The van der Waals surface area contributed by atoms with Gasteiger partial charge in [-0.2, -0.15) is 71.8 Å². The molecule has 0 atom stereocenters. The third kappa shape index (κ3) is 11.2. The largest absolute Gasteiger partial charge is 0.184 e. The van der Waals surface area contributed by atoms with Gasteiger partial charge in [-0.3, -0.25) is 0 Å². The van der Waals surface area contributed by atoms with Crippen LogP contribution in [0, 0.1) is 57.1 Å². The van der Waals surface area contributed by atoms with Gasteiger partial charge in [0.2, 0.25) is 0 Å². The second-order valence-electron chi connectivity index (χ2n) is 2.99. The van der Waals surface area contributed by atoms with Crippen LogP contribution < -0.4 is 0 Å². The van der Waals surface area contributed by atoms with E-state index in [2.05, 4.69) is 36.4 Å². The first-order valence-corrected chi connectivity index (χ1v) is 4.35. The van der Waals surface area contributed by atoms with Crippen LogP contribution in [0.1, 0.15) is 11.1 Å². The zero-order valence-electron chi connectivity index (χ0n) is 10.2. The summed E-state index contributed by atoms with van der Waals surface area (Å²) in [4.78, 5) is 0. The Morgan fingerprint density at radius 3 is 1.29 bits per heavy atom. The Bertz CT molecular complexity index is 330. The van der Waals surface area contributed by atoms with Crippen LogP contribution in [0.4, 0.5) is 0 Å². The first-order chi connectivity index (χ1) is 6.45. The Kier molecular flexibility index (Phi) is 24.8. The van der Waals surface area contributed by atoms with E-state index >= 15 is 0 Å². The standard InChI is InChI=1S/C13H10.Ra.Rb.2Y/c1-3-7-12(8-4-1)11-13-9-5-2-6-10-13;;;;/h3-10H,11H2;;;;/q-2;;;;. The van der Waals surface area contributed by atoms with Crippen LogP contribution in [0.25, 0.3) is 0 Å². The van der Waals surface area contributed by atoms with Crippen molar-refractivity contribution in [3.8, 4) is 0 Å². The van der Waals surface area contributed by atoms with Crippen LogP contribution in [0.2, 0.25) is 0 Å². The van der Waals surface area contributed by atoms with Crippen molar-refractivity contribution in [1.82, 2.24) is 0 Å². The number of hydrogen-bond acceptors (Lipinski definition) is 0. The maximum Gasteiger partial charge on any atom is 0 e. The van der Waals surface area contributed by atoms with Crippen molar-refractivity contribution in [2.24, 2.45) is 0 Å². The Morgan fingerprint density at radius 1 is 0.706 bits per heavy atom. The molecule has 5 radical (unpaired) electrons. The van der Waals surface area contributed by atoms with Crippen molar-refractivity contribution in [1.29, 1.82) is 0 Å². The van der Waals surface area contributed by atoms with Gasteiger partial charge < -0.3 is 0 Å². The first kappa shape index (κ1) is 25.9. The van der Waals surface area contributed by atoms with Gasteiger partial charge in [0.15, 0.2) is 0 Å². The molecule has 2 aromatic rings. The van der Waals surface area contributed by atoms with Crippen molar-refractivity contribution in [3.63, 3.8) is 0 Å².